The summed E-state index contributed by atoms with van der Waals surface area (Å²) in [4.78, 5) is 19.6. The van der Waals surface area contributed by atoms with Crippen molar-refractivity contribution in [2.24, 2.45) is 0 Å². The molecule has 6 nitrogen and oxygen atoms in total. The molecular weight excluding hydrogens is 457 g/mol. The molecule has 1 atom stereocenters. The van der Waals surface area contributed by atoms with Crippen LogP contribution in [0.1, 0.15) is 36.6 Å². The molecule has 1 unspecified atom stereocenters. The molecule has 1 amide bonds. The number of methoxy groups -OCH3 is 1. The highest BCUT2D eigenvalue weighted by molar-refractivity contribution is 5.81. The Morgan fingerprint density at radius 2 is 1.72 bits per heavy atom. The lowest BCUT2D eigenvalue weighted by molar-refractivity contribution is -0.128. The van der Waals surface area contributed by atoms with E-state index in [0.29, 0.717) is 26.1 Å². The number of nitrogens with zero attached hydrogens (tertiary/aromatic N) is 3. The zero-order valence-electron chi connectivity index (χ0n) is 20.4. The number of para-hydroxylation sites is 2. The first-order chi connectivity index (χ1) is 17.6. The first-order valence-electron chi connectivity index (χ1n) is 12.3. The maximum absolute atomic E-state index is 13.3. The highest BCUT2D eigenvalue weighted by atomic mass is 19.1. The van der Waals surface area contributed by atoms with Crippen molar-refractivity contribution in [2.45, 2.75) is 38.3 Å². The van der Waals surface area contributed by atoms with Gasteiger partial charge in [0.1, 0.15) is 23.1 Å². The number of amides is 1. The Labute approximate surface area is 210 Å². The number of aryl methyl sites for hydroxylation is 1. The lowest BCUT2D eigenvalue weighted by Gasteiger charge is -2.17. The smallest absolute Gasteiger partial charge is 0.223 e. The number of carbonyl (C=O) groups excluding carboxylic acids is 1. The summed E-state index contributed by atoms with van der Waals surface area (Å²) in [5.41, 5.74) is 2.97. The maximum Gasteiger partial charge on any atom is 0.223 e. The Kier molecular flexibility index (Phi) is 7.16. The van der Waals surface area contributed by atoms with Gasteiger partial charge in [-0.2, -0.15) is 0 Å². The Hall–Kier alpha value is -3.87. The lowest BCUT2D eigenvalue weighted by atomic mass is 10.1. The molecule has 1 saturated heterocycles. The molecule has 1 aromatic heterocycles. The molecule has 186 valence electrons. The zero-order valence-corrected chi connectivity index (χ0v) is 20.4. The van der Waals surface area contributed by atoms with Crippen molar-refractivity contribution in [2.75, 3.05) is 20.3 Å². The molecule has 0 spiro atoms. The van der Waals surface area contributed by atoms with Crippen LogP contribution in [-0.4, -0.2) is 40.6 Å². The molecule has 0 saturated carbocycles. The van der Waals surface area contributed by atoms with Crippen LogP contribution in [0.5, 0.6) is 11.5 Å². The second-order valence-electron chi connectivity index (χ2n) is 9.14. The van der Waals surface area contributed by atoms with Gasteiger partial charge >= 0.3 is 0 Å². The normalized spacial score (nSPS) is 15.6. The maximum atomic E-state index is 13.3. The van der Waals surface area contributed by atoms with Crippen LogP contribution in [-0.2, 0) is 17.9 Å². The summed E-state index contributed by atoms with van der Waals surface area (Å²) in [5.74, 6) is 2.46. The summed E-state index contributed by atoms with van der Waals surface area (Å²) in [6, 6.07) is 22.1. The average Bonchev–Trinajstić information content (AvgIpc) is 3.45. The van der Waals surface area contributed by atoms with Gasteiger partial charge in [-0.1, -0.05) is 24.3 Å². The molecule has 0 radical (unpaired) electrons. The SMILES string of the molecule is COc1ccc(OCCCCn2c(C3CC(=O)N(Cc4ccc(F)cc4)C3)nc3ccccc32)cc1. The van der Waals surface area contributed by atoms with Crippen molar-refractivity contribution in [3.63, 3.8) is 0 Å². The molecule has 4 aromatic rings. The molecule has 36 heavy (non-hydrogen) atoms. The second kappa shape index (κ2) is 10.8. The first kappa shape index (κ1) is 23.9. The lowest BCUT2D eigenvalue weighted by Crippen LogP contribution is -2.24. The molecule has 1 fully saturated rings. The molecule has 0 N–H and O–H groups in total. The van der Waals surface area contributed by atoms with Crippen molar-refractivity contribution in [3.05, 3.63) is 90.0 Å². The third-order valence-electron chi connectivity index (χ3n) is 6.65. The van der Waals surface area contributed by atoms with Gasteiger partial charge in [-0.05, 0) is 66.9 Å². The topological polar surface area (TPSA) is 56.6 Å². The number of carbonyl (C=O) groups is 1. The summed E-state index contributed by atoms with van der Waals surface area (Å²) in [7, 11) is 1.65. The molecule has 1 aliphatic heterocycles. The van der Waals surface area contributed by atoms with E-state index in [0.717, 1.165) is 53.3 Å². The minimum Gasteiger partial charge on any atom is -0.497 e. The molecule has 7 heteroatoms. The molecule has 1 aliphatic rings. The van der Waals surface area contributed by atoms with Crippen LogP contribution in [0.3, 0.4) is 0 Å². The van der Waals surface area contributed by atoms with Crippen LogP contribution in [0.4, 0.5) is 4.39 Å². The number of hydrogen-bond donors (Lipinski definition) is 0. The Balaban J connectivity index is 1.23. The number of aromatic nitrogens is 2. The van der Waals surface area contributed by atoms with E-state index in [4.69, 9.17) is 14.5 Å². The summed E-state index contributed by atoms with van der Waals surface area (Å²) >= 11 is 0. The van der Waals surface area contributed by atoms with E-state index in [1.54, 1.807) is 19.2 Å². The van der Waals surface area contributed by atoms with Crippen molar-refractivity contribution in [1.29, 1.82) is 0 Å². The van der Waals surface area contributed by atoms with Crippen LogP contribution >= 0.6 is 0 Å². The fourth-order valence-corrected chi connectivity index (χ4v) is 4.78. The van der Waals surface area contributed by atoms with Crippen LogP contribution < -0.4 is 9.47 Å². The number of likely N-dealkylation sites (tertiary alicyclic amines) is 1. The highest BCUT2D eigenvalue weighted by Gasteiger charge is 2.33. The molecule has 0 bridgehead atoms. The number of fused-ring (bicyclic) bond motifs is 1. The average molecular weight is 488 g/mol. The number of benzene rings is 3. The largest absolute Gasteiger partial charge is 0.497 e. The zero-order chi connectivity index (χ0) is 24.9. The fourth-order valence-electron chi connectivity index (χ4n) is 4.78. The molecular formula is C29H30FN3O3. The van der Waals surface area contributed by atoms with Crippen LogP contribution in [0.25, 0.3) is 11.0 Å². The molecule has 0 aliphatic carbocycles. The number of hydrogen-bond acceptors (Lipinski definition) is 4. The van der Waals surface area contributed by atoms with Gasteiger partial charge < -0.3 is 18.9 Å². The molecule has 3 aromatic carbocycles. The van der Waals surface area contributed by atoms with E-state index in [1.165, 1.54) is 12.1 Å². The van der Waals surface area contributed by atoms with E-state index < -0.39 is 0 Å². The van der Waals surface area contributed by atoms with Crippen molar-refractivity contribution < 1.29 is 18.7 Å². The number of unbranched alkanes of at least 4 members (excludes halogenated alkanes) is 1. The van der Waals surface area contributed by atoms with E-state index in [2.05, 4.69) is 10.6 Å². The van der Waals surface area contributed by atoms with E-state index in [9.17, 15) is 9.18 Å². The van der Waals surface area contributed by atoms with E-state index >= 15 is 0 Å². The minimum atomic E-state index is -0.271. The van der Waals surface area contributed by atoms with Crippen molar-refractivity contribution in [1.82, 2.24) is 14.5 Å². The Morgan fingerprint density at radius 1 is 0.972 bits per heavy atom. The summed E-state index contributed by atoms with van der Waals surface area (Å²) in [6.45, 7) is 2.53. The van der Waals surface area contributed by atoms with Crippen LogP contribution in [0.15, 0.2) is 72.8 Å². The fraction of sp³-hybridized carbons (Fsp3) is 0.310. The van der Waals surface area contributed by atoms with Crippen LogP contribution in [0, 0.1) is 5.82 Å². The van der Waals surface area contributed by atoms with Gasteiger partial charge in [0.2, 0.25) is 5.91 Å². The standard InChI is InChI=1S/C29H30FN3O3/c1-35-24-12-14-25(15-13-24)36-17-5-4-16-33-27-7-3-2-6-26(27)31-29(33)22-18-28(34)32(20-22)19-21-8-10-23(30)11-9-21/h2-3,6-15,22H,4-5,16-20H2,1H3. The monoisotopic (exact) mass is 487 g/mol. The van der Waals surface area contributed by atoms with E-state index in [1.807, 2.05) is 47.4 Å². The number of ether oxygens (including phenoxy) is 2. The van der Waals surface area contributed by atoms with Gasteiger partial charge in [-0.15, -0.1) is 0 Å². The van der Waals surface area contributed by atoms with Gasteiger partial charge in [0.25, 0.3) is 0 Å². The summed E-state index contributed by atoms with van der Waals surface area (Å²) in [5, 5.41) is 0. The van der Waals surface area contributed by atoms with Crippen molar-refractivity contribution in [3.8, 4) is 11.5 Å². The van der Waals surface area contributed by atoms with Crippen molar-refractivity contribution >= 4 is 16.9 Å². The number of imidazole rings is 1. The third-order valence-corrected chi connectivity index (χ3v) is 6.65. The molecule has 2 heterocycles. The van der Waals surface area contributed by atoms with Gasteiger partial charge in [0.15, 0.2) is 0 Å². The third kappa shape index (κ3) is 5.35. The predicted molar refractivity (Wildman–Crippen MR) is 137 cm³/mol. The summed E-state index contributed by atoms with van der Waals surface area (Å²) < 4.78 is 26.6. The van der Waals surface area contributed by atoms with Crippen LogP contribution in [0.2, 0.25) is 0 Å². The van der Waals surface area contributed by atoms with Gasteiger partial charge in [0, 0.05) is 32.0 Å². The van der Waals surface area contributed by atoms with Gasteiger partial charge in [0.05, 0.1) is 24.8 Å². The van der Waals surface area contributed by atoms with E-state index in [-0.39, 0.29) is 17.6 Å². The Bertz CT molecular complexity index is 1320. The summed E-state index contributed by atoms with van der Waals surface area (Å²) in [6.07, 6.45) is 2.27. The minimum absolute atomic E-state index is 0.0286. The Morgan fingerprint density at radius 3 is 2.50 bits per heavy atom. The number of halogens is 1. The highest BCUT2D eigenvalue weighted by Crippen LogP contribution is 2.31. The molecule has 5 rings (SSSR count). The van der Waals surface area contributed by atoms with Gasteiger partial charge in [-0.25, -0.2) is 9.37 Å². The predicted octanol–water partition coefficient (Wildman–Crippen LogP) is 5.56. The van der Waals surface area contributed by atoms with Gasteiger partial charge in [-0.3, -0.25) is 4.79 Å². The second-order valence-corrected chi connectivity index (χ2v) is 9.14. The number of rotatable bonds is 10. The first-order valence-corrected chi connectivity index (χ1v) is 12.3. The quantitative estimate of drug-likeness (QED) is 0.275.